The molecule has 3 N–H and O–H groups in total. The van der Waals surface area contributed by atoms with Gasteiger partial charge in [-0.25, -0.2) is 8.42 Å². The Morgan fingerprint density at radius 3 is 2.21 bits per heavy atom. The molecule has 1 rings (SSSR count). The molecule has 1 atom stereocenters. The number of aliphatic hydroxyl groups excluding tert-OH is 1. The first-order valence-corrected chi connectivity index (χ1v) is 8.10. The lowest BCUT2D eigenvalue weighted by molar-refractivity contribution is 0.223. The van der Waals surface area contributed by atoms with E-state index >= 15 is 0 Å². The summed E-state index contributed by atoms with van der Waals surface area (Å²) in [6, 6.07) is 6.97. The number of hydrogen-bond acceptors (Lipinski definition) is 4. The van der Waals surface area contributed by atoms with Crippen LogP contribution in [0.15, 0.2) is 29.2 Å². The van der Waals surface area contributed by atoms with Gasteiger partial charge in [0, 0.05) is 6.61 Å². The zero-order chi connectivity index (χ0) is 14.5. The predicted octanol–water partition coefficient (Wildman–Crippen LogP) is 1.37. The van der Waals surface area contributed by atoms with E-state index in [2.05, 4.69) is 0 Å². The van der Waals surface area contributed by atoms with Crippen LogP contribution in [0.5, 0.6) is 0 Å². The molecule has 5 heteroatoms. The van der Waals surface area contributed by atoms with E-state index in [0.29, 0.717) is 11.4 Å². The Kier molecular flexibility index (Phi) is 5.97. The van der Waals surface area contributed by atoms with Crippen molar-refractivity contribution in [2.75, 3.05) is 13.2 Å². The molecule has 0 aliphatic carbocycles. The molecule has 1 unspecified atom stereocenters. The minimum Gasteiger partial charge on any atom is -0.396 e. The van der Waals surface area contributed by atoms with Crippen LogP contribution in [-0.4, -0.2) is 31.9 Å². The number of aryl methyl sites for hydroxylation is 1. The molecule has 0 heterocycles. The van der Waals surface area contributed by atoms with Gasteiger partial charge in [-0.15, -0.1) is 0 Å². The number of sulfone groups is 1. The molecular weight excluding hydrogens is 262 g/mol. The predicted molar refractivity (Wildman–Crippen MR) is 76.7 cm³/mol. The average Bonchev–Trinajstić information content (AvgIpc) is 2.40. The molecule has 0 spiro atoms. The Morgan fingerprint density at radius 2 is 1.79 bits per heavy atom. The highest BCUT2D eigenvalue weighted by Gasteiger charge is 2.18. The highest BCUT2D eigenvalue weighted by atomic mass is 32.2. The van der Waals surface area contributed by atoms with Crippen LogP contribution in [-0.2, 0) is 16.3 Å². The Bertz CT molecular complexity index is 476. The molecule has 0 saturated heterocycles. The molecule has 0 saturated carbocycles. The van der Waals surface area contributed by atoms with E-state index in [1.807, 2.05) is 12.1 Å². The van der Waals surface area contributed by atoms with Crippen LogP contribution < -0.4 is 5.73 Å². The average molecular weight is 285 g/mol. The van der Waals surface area contributed by atoms with Gasteiger partial charge >= 0.3 is 0 Å². The van der Waals surface area contributed by atoms with Crippen LogP contribution in [0.1, 0.15) is 25.8 Å². The number of aliphatic hydroxyl groups is 1. The van der Waals surface area contributed by atoms with Gasteiger partial charge in [-0.1, -0.05) is 12.1 Å². The fourth-order valence-electron chi connectivity index (χ4n) is 1.77. The summed E-state index contributed by atoms with van der Waals surface area (Å²) in [5.74, 6) is 0.110. The third-order valence-corrected chi connectivity index (χ3v) is 5.48. The van der Waals surface area contributed by atoms with Gasteiger partial charge in [0.15, 0.2) is 9.84 Å². The first-order valence-electron chi connectivity index (χ1n) is 6.55. The molecule has 0 aromatic heterocycles. The second-order valence-corrected chi connectivity index (χ2v) is 7.56. The van der Waals surface area contributed by atoms with E-state index in [-0.39, 0.29) is 12.5 Å². The molecule has 1 aromatic carbocycles. The van der Waals surface area contributed by atoms with Gasteiger partial charge in [0.1, 0.15) is 0 Å². The Balaban J connectivity index is 2.72. The summed E-state index contributed by atoms with van der Waals surface area (Å²) in [5.41, 5.74) is 6.59. The first kappa shape index (κ1) is 16.1. The fraction of sp³-hybridized carbons (Fsp3) is 0.571. The van der Waals surface area contributed by atoms with E-state index in [4.69, 9.17) is 10.8 Å². The normalized spacial score (nSPS) is 13.7. The van der Waals surface area contributed by atoms with Gasteiger partial charge in [-0.05, 0) is 56.8 Å². The van der Waals surface area contributed by atoms with Crippen molar-refractivity contribution < 1.29 is 13.5 Å². The molecule has 0 aliphatic rings. The lowest BCUT2D eigenvalue weighted by Gasteiger charge is -2.12. The van der Waals surface area contributed by atoms with Crippen molar-refractivity contribution in [2.24, 2.45) is 11.7 Å². The second kappa shape index (κ2) is 7.03. The lowest BCUT2D eigenvalue weighted by Crippen LogP contribution is -2.18. The molecule has 0 radical (unpaired) electrons. The highest BCUT2D eigenvalue weighted by Crippen LogP contribution is 2.17. The molecule has 19 heavy (non-hydrogen) atoms. The van der Waals surface area contributed by atoms with Gasteiger partial charge in [0.25, 0.3) is 0 Å². The summed E-state index contributed by atoms with van der Waals surface area (Å²) >= 11 is 0. The van der Waals surface area contributed by atoms with Crippen molar-refractivity contribution in [1.29, 1.82) is 0 Å². The van der Waals surface area contributed by atoms with Gasteiger partial charge in [-0.3, -0.25) is 0 Å². The van der Waals surface area contributed by atoms with Crippen LogP contribution in [0.4, 0.5) is 0 Å². The number of hydrogen-bond donors (Lipinski definition) is 2. The van der Waals surface area contributed by atoms with Crippen molar-refractivity contribution in [3.8, 4) is 0 Å². The van der Waals surface area contributed by atoms with E-state index in [0.717, 1.165) is 18.4 Å². The summed E-state index contributed by atoms with van der Waals surface area (Å²) in [4.78, 5) is 0.365. The van der Waals surface area contributed by atoms with Crippen LogP contribution in [0, 0.1) is 5.92 Å². The Labute approximate surface area is 115 Å². The fourth-order valence-corrected chi connectivity index (χ4v) is 2.83. The summed E-state index contributed by atoms with van der Waals surface area (Å²) in [5, 5.41) is 8.65. The molecule has 0 amide bonds. The zero-order valence-electron chi connectivity index (χ0n) is 11.5. The number of benzene rings is 1. The maximum atomic E-state index is 12.0. The van der Waals surface area contributed by atoms with Crippen LogP contribution in [0.3, 0.4) is 0 Å². The van der Waals surface area contributed by atoms with Crippen molar-refractivity contribution >= 4 is 9.84 Å². The second-order valence-electron chi connectivity index (χ2n) is 5.06. The van der Waals surface area contributed by atoms with Gasteiger partial charge in [-0.2, -0.15) is 0 Å². The third-order valence-electron chi connectivity index (χ3n) is 3.31. The largest absolute Gasteiger partial charge is 0.396 e. The van der Waals surface area contributed by atoms with E-state index in [9.17, 15) is 8.42 Å². The minimum absolute atomic E-state index is 0.0936. The summed E-state index contributed by atoms with van der Waals surface area (Å²) in [7, 11) is -3.19. The molecule has 0 bridgehead atoms. The number of rotatable bonds is 7. The molecule has 4 nitrogen and oxygen atoms in total. The van der Waals surface area contributed by atoms with E-state index < -0.39 is 15.1 Å². The smallest absolute Gasteiger partial charge is 0.180 e. The molecule has 1 aromatic rings. The summed E-state index contributed by atoms with van der Waals surface area (Å²) in [6.45, 7) is 3.92. The highest BCUT2D eigenvalue weighted by molar-refractivity contribution is 7.92. The monoisotopic (exact) mass is 285 g/mol. The molecule has 108 valence electrons. The topological polar surface area (TPSA) is 80.4 Å². The number of nitrogens with two attached hydrogens (primary N) is 1. The summed E-state index contributed by atoms with van der Waals surface area (Å²) in [6.07, 6.45) is 1.60. The zero-order valence-corrected chi connectivity index (χ0v) is 12.4. The van der Waals surface area contributed by atoms with E-state index in [1.54, 1.807) is 26.0 Å². The standard InChI is InChI=1S/C14H23NO3S/c1-11(2)19(17,18)14-7-5-12(6-8-14)3-4-13(9-15)10-16/h5-8,11,13,16H,3-4,9-10,15H2,1-2H3. The van der Waals surface area contributed by atoms with Gasteiger partial charge in [0.2, 0.25) is 0 Å². The lowest BCUT2D eigenvalue weighted by atomic mass is 10.0. The van der Waals surface area contributed by atoms with Crippen molar-refractivity contribution in [1.82, 2.24) is 0 Å². The van der Waals surface area contributed by atoms with Crippen molar-refractivity contribution in [2.45, 2.75) is 36.8 Å². The van der Waals surface area contributed by atoms with Crippen LogP contribution in [0.25, 0.3) is 0 Å². The third kappa shape index (κ3) is 4.30. The van der Waals surface area contributed by atoms with Crippen LogP contribution in [0.2, 0.25) is 0 Å². The van der Waals surface area contributed by atoms with Crippen LogP contribution >= 0.6 is 0 Å². The Hall–Kier alpha value is -0.910. The summed E-state index contributed by atoms with van der Waals surface area (Å²) < 4.78 is 23.9. The Morgan fingerprint density at radius 1 is 1.21 bits per heavy atom. The molecular formula is C14H23NO3S. The van der Waals surface area contributed by atoms with Gasteiger partial charge in [0.05, 0.1) is 10.1 Å². The maximum Gasteiger partial charge on any atom is 0.180 e. The first-order chi connectivity index (χ1) is 8.91. The maximum absolute atomic E-state index is 12.0. The van der Waals surface area contributed by atoms with Crippen molar-refractivity contribution in [3.63, 3.8) is 0 Å². The van der Waals surface area contributed by atoms with Gasteiger partial charge < -0.3 is 10.8 Å². The molecule has 0 fully saturated rings. The van der Waals surface area contributed by atoms with E-state index in [1.165, 1.54) is 0 Å². The SMILES string of the molecule is CC(C)S(=O)(=O)c1ccc(CCC(CN)CO)cc1. The molecule has 0 aliphatic heterocycles. The minimum atomic E-state index is -3.19. The van der Waals surface area contributed by atoms with Crippen molar-refractivity contribution in [3.05, 3.63) is 29.8 Å². The quantitative estimate of drug-likeness (QED) is 0.793.